The molecule has 0 spiro atoms. The van der Waals surface area contributed by atoms with Gasteiger partial charge in [0, 0.05) is 46.7 Å². The number of halogens is 3. The quantitative estimate of drug-likeness (QED) is 0.340. The molecule has 36 heavy (non-hydrogen) atoms. The summed E-state index contributed by atoms with van der Waals surface area (Å²) < 4.78 is 26.1. The number of hydrogen-bond donors (Lipinski definition) is 1. The number of benzene rings is 2. The van der Waals surface area contributed by atoms with Gasteiger partial charge in [-0.15, -0.1) is 0 Å². The van der Waals surface area contributed by atoms with E-state index in [4.69, 9.17) is 34.8 Å². The van der Waals surface area contributed by atoms with E-state index in [1.165, 1.54) is 9.21 Å². The van der Waals surface area contributed by atoms with Crippen LogP contribution in [0.1, 0.15) is 45.1 Å². The highest BCUT2D eigenvalue weighted by molar-refractivity contribution is 7.92. The highest BCUT2D eigenvalue weighted by atomic mass is 35.5. The van der Waals surface area contributed by atoms with Gasteiger partial charge < -0.3 is 10.2 Å². The zero-order valence-electron chi connectivity index (χ0n) is 20.6. The first-order valence-electron chi connectivity index (χ1n) is 11.7. The van der Waals surface area contributed by atoms with Gasteiger partial charge in [0.15, 0.2) is 0 Å². The smallest absolute Gasteiger partial charge is 0.242 e. The lowest BCUT2D eigenvalue weighted by Crippen LogP contribution is -2.49. The number of rotatable bonds is 13. The molecule has 2 aromatic rings. The average molecular weight is 577 g/mol. The fourth-order valence-corrected chi connectivity index (χ4v) is 5.43. The van der Waals surface area contributed by atoms with E-state index in [2.05, 4.69) is 5.32 Å². The van der Waals surface area contributed by atoms with Crippen LogP contribution in [0.3, 0.4) is 0 Å². The van der Waals surface area contributed by atoms with E-state index in [-0.39, 0.29) is 37.7 Å². The van der Waals surface area contributed by atoms with Crippen LogP contribution >= 0.6 is 34.8 Å². The SMILES string of the molecule is CCCNC(=O)[C@@H](CC)N(Cc1c(Cl)cccc1Cl)C(=O)CCCN(c1cccc(Cl)c1)S(C)(=O)=O. The van der Waals surface area contributed by atoms with Crippen LogP contribution in [0.4, 0.5) is 5.69 Å². The minimum Gasteiger partial charge on any atom is -0.354 e. The topological polar surface area (TPSA) is 86.8 Å². The van der Waals surface area contributed by atoms with Gasteiger partial charge in [-0.3, -0.25) is 13.9 Å². The molecule has 0 fully saturated rings. The number of nitrogens with one attached hydrogen (secondary N) is 1. The molecule has 11 heteroatoms. The minimum absolute atomic E-state index is 0.0201. The van der Waals surface area contributed by atoms with Crippen LogP contribution in [-0.2, 0) is 26.2 Å². The molecule has 2 amide bonds. The van der Waals surface area contributed by atoms with Crippen LogP contribution in [0.15, 0.2) is 42.5 Å². The first-order chi connectivity index (χ1) is 17.0. The van der Waals surface area contributed by atoms with Crippen LogP contribution in [0.5, 0.6) is 0 Å². The Kier molecular flexibility index (Phi) is 11.8. The number of sulfonamides is 1. The zero-order chi connectivity index (χ0) is 26.9. The third-order valence-electron chi connectivity index (χ3n) is 5.57. The monoisotopic (exact) mass is 575 g/mol. The molecule has 0 heterocycles. The summed E-state index contributed by atoms with van der Waals surface area (Å²) in [4.78, 5) is 27.8. The second-order valence-electron chi connectivity index (χ2n) is 8.36. The molecule has 198 valence electrons. The van der Waals surface area contributed by atoms with Crippen molar-refractivity contribution in [3.63, 3.8) is 0 Å². The van der Waals surface area contributed by atoms with Gasteiger partial charge in [-0.25, -0.2) is 8.42 Å². The number of anilines is 1. The maximum Gasteiger partial charge on any atom is 0.242 e. The molecule has 0 saturated heterocycles. The van der Waals surface area contributed by atoms with Gasteiger partial charge in [0.05, 0.1) is 11.9 Å². The number of nitrogens with zero attached hydrogens (tertiary/aromatic N) is 2. The van der Waals surface area contributed by atoms with E-state index in [1.54, 1.807) is 42.5 Å². The highest BCUT2D eigenvalue weighted by Crippen LogP contribution is 2.28. The Morgan fingerprint density at radius 3 is 2.22 bits per heavy atom. The average Bonchev–Trinajstić information content (AvgIpc) is 2.81. The summed E-state index contributed by atoms with van der Waals surface area (Å²) in [5.74, 6) is -0.559. The third-order valence-corrected chi connectivity index (χ3v) is 7.71. The summed E-state index contributed by atoms with van der Waals surface area (Å²) in [7, 11) is -3.61. The molecule has 2 aromatic carbocycles. The van der Waals surface area contributed by atoms with Crippen molar-refractivity contribution in [3.05, 3.63) is 63.1 Å². The van der Waals surface area contributed by atoms with Gasteiger partial charge in [0.25, 0.3) is 0 Å². The number of carbonyl (C=O) groups is 2. The van der Waals surface area contributed by atoms with E-state index in [0.29, 0.717) is 39.3 Å². The van der Waals surface area contributed by atoms with Crippen molar-refractivity contribution in [2.45, 2.75) is 52.1 Å². The Morgan fingerprint density at radius 1 is 1.03 bits per heavy atom. The molecule has 0 aliphatic rings. The molecule has 0 aliphatic heterocycles. The lowest BCUT2D eigenvalue weighted by Gasteiger charge is -2.31. The van der Waals surface area contributed by atoms with Crippen LogP contribution < -0.4 is 9.62 Å². The molecule has 0 aromatic heterocycles. The lowest BCUT2D eigenvalue weighted by atomic mass is 10.1. The van der Waals surface area contributed by atoms with Gasteiger partial charge in [-0.2, -0.15) is 0 Å². The van der Waals surface area contributed by atoms with Gasteiger partial charge in [-0.05, 0) is 49.6 Å². The van der Waals surface area contributed by atoms with Gasteiger partial charge >= 0.3 is 0 Å². The minimum atomic E-state index is -3.61. The van der Waals surface area contributed by atoms with Crippen molar-refractivity contribution < 1.29 is 18.0 Å². The van der Waals surface area contributed by atoms with Crippen molar-refractivity contribution in [3.8, 4) is 0 Å². The van der Waals surface area contributed by atoms with Crippen molar-refractivity contribution in [2.24, 2.45) is 0 Å². The van der Waals surface area contributed by atoms with E-state index < -0.39 is 16.1 Å². The zero-order valence-corrected chi connectivity index (χ0v) is 23.7. The standard InChI is InChI=1S/C25H32Cl3N3O4S/c1-4-14-29-25(33)23(5-2)30(17-20-21(27)11-7-12-22(20)28)24(32)13-8-15-31(36(3,34)35)19-10-6-9-18(26)16-19/h6-7,9-12,16,23H,4-5,8,13-15,17H2,1-3H3,(H,29,33)/t23-/m1/s1. The maximum atomic E-state index is 13.4. The predicted molar refractivity (Wildman–Crippen MR) is 147 cm³/mol. The first-order valence-corrected chi connectivity index (χ1v) is 14.7. The van der Waals surface area contributed by atoms with Gasteiger partial charge in [0.1, 0.15) is 6.04 Å². The predicted octanol–water partition coefficient (Wildman–Crippen LogP) is 5.53. The van der Waals surface area contributed by atoms with Crippen molar-refractivity contribution in [2.75, 3.05) is 23.7 Å². The molecule has 0 unspecified atom stereocenters. The maximum absolute atomic E-state index is 13.4. The number of hydrogen-bond acceptors (Lipinski definition) is 4. The second kappa shape index (κ2) is 14.1. The fourth-order valence-electron chi connectivity index (χ4n) is 3.77. The lowest BCUT2D eigenvalue weighted by molar-refractivity contribution is -0.141. The van der Waals surface area contributed by atoms with Gasteiger partial charge in [-0.1, -0.05) is 60.8 Å². The van der Waals surface area contributed by atoms with Crippen LogP contribution in [0.2, 0.25) is 15.1 Å². The molecule has 1 N–H and O–H groups in total. The molecular weight excluding hydrogens is 545 g/mol. The van der Waals surface area contributed by atoms with E-state index in [9.17, 15) is 18.0 Å². The highest BCUT2D eigenvalue weighted by Gasteiger charge is 2.29. The molecule has 1 atom stereocenters. The molecule has 0 bridgehead atoms. The molecule has 0 saturated carbocycles. The van der Waals surface area contributed by atoms with Crippen molar-refractivity contribution in [1.29, 1.82) is 0 Å². The molecule has 7 nitrogen and oxygen atoms in total. The van der Waals surface area contributed by atoms with Crippen molar-refractivity contribution in [1.82, 2.24) is 10.2 Å². The first kappa shape index (κ1) is 30.2. The molecule has 0 radical (unpaired) electrons. The Hall–Kier alpha value is -2.00. The summed E-state index contributed by atoms with van der Waals surface area (Å²) in [6.07, 6.45) is 2.51. The largest absolute Gasteiger partial charge is 0.354 e. The van der Waals surface area contributed by atoms with Crippen LogP contribution in [0, 0.1) is 0 Å². The Morgan fingerprint density at radius 2 is 1.67 bits per heavy atom. The Balaban J connectivity index is 2.26. The summed E-state index contributed by atoms with van der Waals surface area (Å²) >= 11 is 18.8. The van der Waals surface area contributed by atoms with Gasteiger partial charge in [0.2, 0.25) is 21.8 Å². The second-order valence-corrected chi connectivity index (χ2v) is 11.5. The summed E-state index contributed by atoms with van der Waals surface area (Å²) in [6.45, 7) is 4.40. The fraction of sp³-hybridized carbons (Fsp3) is 0.440. The normalized spacial score (nSPS) is 12.2. The Bertz CT molecular complexity index is 1140. The van der Waals surface area contributed by atoms with E-state index >= 15 is 0 Å². The summed E-state index contributed by atoms with van der Waals surface area (Å²) in [6, 6.07) is 10.9. The molecule has 0 aliphatic carbocycles. The third kappa shape index (κ3) is 8.54. The van der Waals surface area contributed by atoms with E-state index in [1.807, 2.05) is 13.8 Å². The van der Waals surface area contributed by atoms with Crippen LogP contribution in [-0.4, -0.2) is 50.5 Å². The number of carbonyl (C=O) groups excluding carboxylic acids is 2. The van der Waals surface area contributed by atoms with E-state index in [0.717, 1.165) is 12.7 Å². The Labute approximate surface area is 228 Å². The molecular formula is C25H32Cl3N3O4S. The van der Waals surface area contributed by atoms with Crippen LogP contribution in [0.25, 0.3) is 0 Å². The number of amides is 2. The summed E-state index contributed by atoms with van der Waals surface area (Å²) in [5.41, 5.74) is 0.968. The molecule has 2 rings (SSSR count). The summed E-state index contributed by atoms with van der Waals surface area (Å²) in [5, 5.41) is 4.06. The van der Waals surface area contributed by atoms with Crippen molar-refractivity contribution >= 4 is 62.3 Å².